The van der Waals surface area contributed by atoms with Crippen molar-refractivity contribution in [1.82, 2.24) is 25.0 Å². The Bertz CT molecular complexity index is 834. The van der Waals surface area contributed by atoms with Crippen LogP contribution in [0.2, 0.25) is 0 Å². The first-order chi connectivity index (χ1) is 11.7. The molecule has 1 amide bonds. The van der Waals surface area contributed by atoms with Crippen LogP contribution in [0.5, 0.6) is 5.88 Å². The van der Waals surface area contributed by atoms with Crippen LogP contribution in [-0.2, 0) is 6.54 Å². The molecule has 0 spiro atoms. The molecule has 3 aromatic rings. The van der Waals surface area contributed by atoms with Crippen LogP contribution in [0.1, 0.15) is 16.2 Å². The quantitative estimate of drug-likeness (QED) is 0.706. The lowest BCUT2D eigenvalue weighted by Crippen LogP contribution is -2.26. The number of pyridine rings is 2. The molecule has 0 fully saturated rings. The first-order valence-corrected chi connectivity index (χ1v) is 7.17. The van der Waals surface area contributed by atoms with Crippen LogP contribution in [0.4, 0.5) is 0 Å². The average Bonchev–Trinajstić information content (AvgIpc) is 3.10. The maximum atomic E-state index is 12.4. The monoisotopic (exact) mass is 325 g/mol. The lowest BCUT2D eigenvalue weighted by atomic mass is 10.2. The van der Waals surface area contributed by atoms with Gasteiger partial charge in [0.15, 0.2) is 0 Å². The Morgan fingerprint density at radius 3 is 2.88 bits per heavy atom. The van der Waals surface area contributed by atoms with Gasteiger partial charge in [0.1, 0.15) is 5.69 Å². The van der Waals surface area contributed by atoms with Gasteiger partial charge in [0, 0.05) is 31.1 Å². The first-order valence-electron chi connectivity index (χ1n) is 7.17. The lowest BCUT2D eigenvalue weighted by Gasteiger charge is -2.14. The molecule has 8 heteroatoms. The Labute approximate surface area is 138 Å². The molecule has 0 N–H and O–H groups in total. The van der Waals surface area contributed by atoms with E-state index in [-0.39, 0.29) is 12.5 Å². The SMILES string of the molecule is COc1cc(C(=O)N(C)Cc2nc(-c3ccccn3)no2)ccn1. The average molecular weight is 325 g/mol. The largest absolute Gasteiger partial charge is 0.481 e. The number of carbonyl (C=O) groups excluding carboxylic acids is 1. The van der Waals surface area contributed by atoms with Gasteiger partial charge in [0.25, 0.3) is 5.91 Å². The van der Waals surface area contributed by atoms with Gasteiger partial charge in [0.05, 0.1) is 13.7 Å². The van der Waals surface area contributed by atoms with E-state index in [1.165, 1.54) is 18.2 Å². The molecular weight excluding hydrogens is 310 g/mol. The van der Waals surface area contributed by atoms with Crippen molar-refractivity contribution in [2.75, 3.05) is 14.2 Å². The highest BCUT2D eigenvalue weighted by atomic mass is 16.5. The Balaban J connectivity index is 1.71. The molecule has 0 aliphatic carbocycles. The zero-order valence-electron chi connectivity index (χ0n) is 13.2. The fraction of sp³-hybridized carbons (Fsp3) is 0.188. The summed E-state index contributed by atoms with van der Waals surface area (Å²) in [5.74, 6) is 0.891. The highest BCUT2D eigenvalue weighted by Crippen LogP contribution is 2.15. The summed E-state index contributed by atoms with van der Waals surface area (Å²) in [5.41, 5.74) is 1.08. The Kier molecular flexibility index (Phi) is 4.46. The molecule has 3 rings (SSSR count). The lowest BCUT2D eigenvalue weighted by molar-refractivity contribution is 0.0769. The minimum atomic E-state index is -0.201. The molecule has 3 heterocycles. The maximum Gasteiger partial charge on any atom is 0.254 e. The van der Waals surface area contributed by atoms with Crippen LogP contribution in [0.25, 0.3) is 11.5 Å². The number of carbonyl (C=O) groups is 1. The topological polar surface area (TPSA) is 94.2 Å². The summed E-state index contributed by atoms with van der Waals surface area (Å²) >= 11 is 0. The van der Waals surface area contributed by atoms with Crippen LogP contribution >= 0.6 is 0 Å². The predicted octanol–water partition coefficient (Wildman–Crippen LogP) is 1.81. The maximum absolute atomic E-state index is 12.4. The number of ether oxygens (including phenoxy) is 1. The molecule has 0 aliphatic rings. The second-order valence-electron chi connectivity index (χ2n) is 4.97. The van der Waals surface area contributed by atoms with Gasteiger partial charge in [-0.25, -0.2) is 4.98 Å². The van der Waals surface area contributed by atoms with Gasteiger partial charge in [-0.1, -0.05) is 11.2 Å². The van der Waals surface area contributed by atoms with Crippen molar-refractivity contribution >= 4 is 5.91 Å². The van der Waals surface area contributed by atoms with E-state index in [0.29, 0.717) is 28.9 Å². The zero-order valence-corrected chi connectivity index (χ0v) is 13.2. The molecule has 24 heavy (non-hydrogen) atoms. The van der Waals surface area contributed by atoms with Crippen LogP contribution in [0.3, 0.4) is 0 Å². The van der Waals surface area contributed by atoms with E-state index in [2.05, 4.69) is 20.1 Å². The molecule has 122 valence electrons. The summed E-state index contributed by atoms with van der Waals surface area (Å²) in [6, 6.07) is 8.62. The summed E-state index contributed by atoms with van der Waals surface area (Å²) in [4.78, 5) is 26.3. The Morgan fingerprint density at radius 1 is 1.25 bits per heavy atom. The third-order valence-corrected chi connectivity index (χ3v) is 3.27. The number of hydrogen-bond acceptors (Lipinski definition) is 7. The van der Waals surface area contributed by atoms with Crippen molar-refractivity contribution in [3.8, 4) is 17.4 Å². The normalized spacial score (nSPS) is 10.4. The summed E-state index contributed by atoms with van der Waals surface area (Å²) < 4.78 is 10.2. The molecule has 0 aliphatic heterocycles. The van der Waals surface area contributed by atoms with E-state index in [9.17, 15) is 4.79 Å². The Hall–Kier alpha value is -3.29. The number of methoxy groups -OCH3 is 1. The molecule has 3 aromatic heterocycles. The van der Waals surface area contributed by atoms with Crippen molar-refractivity contribution in [1.29, 1.82) is 0 Å². The van der Waals surface area contributed by atoms with Crippen LogP contribution < -0.4 is 4.74 Å². The van der Waals surface area contributed by atoms with Crippen LogP contribution in [0, 0.1) is 0 Å². The first kappa shape index (κ1) is 15.6. The highest BCUT2D eigenvalue weighted by molar-refractivity contribution is 5.94. The zero-order chi connectivity index (χ0) is 16.9. The van der Waals surface area contributed by atoms with Gasteiger partial charge >= 0.3 is 0 Å². The van der Waals surface area contributed by atoms with Crippen molar-refractivity contribution in [2.45, 2.75) is 6.54 Å². The third kappa shape index (κ3) is 3.37. The molecule has 0 saturated carbocycles. The fourth-order valence-electron chi connectivity index (χ4n) is 2.07. The van der Waals surface area contributed by atoms with Crippen LogP contribution in [0.15, 0.2) is 47.2 Å². The predicted molar refractivity (Wildman–Crippen MR) is 84.1 cm³/mol. The number of nitrogens with zero attached hydrogens (tertiary/aromatic N) is 5. The minimum Gasteiger partial charge on any atom is -0.481 e. The van der Waals surface area contributed by atoms with Gasteiger partial charge in [-0.05, 0) is 18.2 Å². The molecule has 0 aromatic carbocycles. The second kappa shape index (κ2) is 6.86. The molecule has 0 radical (unpaired) electrons. The van der Waals surface area contributed by atoms with E-state index in [0.717, 1.165) is 0 Å². The summed E-state index contributed by atoms with van der Waals surface area (Å²) in [7, 11) is 3.15. The summed E-state index contributed by atoms with van der Waals surface area (Å²) in [6.07, 6.45) is 3.17. The third-order valence-electron chi connectivity index (χ3n) is 3.27. The van der Waals surface area contributed by atoms with Crippen molar-refractivity contribution in [2.24, 2.45) is 0 Å². The van der Waals surface area contributed by atoms with Gasteiger partial charge < -0.3 is 14.2 Å². The van der Waals surface area contributed by atoms with E-state index in [4.69, 9.17) is 9.26 Å². The Morgan fingerprint density at radius 2 is 2.12 bits per heavy atom. The smallest absolute Gasteiger partial charge is 0.254 e. The highest BCUT2D eigenvalue weighted by Gasteiger charge is 2.17. The molecule has 0 saturated heterocycles. The second-order valence-corrected chi connectivity index (χ2v) is 4.97. The number of rotatable bonds is 5. The van der Waals surface area contributed by atoms with Crippen molar-refractivity contribution < 1.29 is 14.1 Å². The number of hydrogen-bond donors (Lipinski definition) is 0. The van der Waals surface area contributed by atoms with Crippen molar-refractivity contribution in [3.63, 3.8) is 0 Å². The molecule has 0 atom stereocenters. The van der Waals surface area contributed by atoms with Gasteiger partial charge in [-0.15, -0.1) is 0 Å². The molecule has 8 nitrogen and oxygen atoms in total. The summed E-state index contributed by atoms with van der Waals surface area (Å²) in [5, 5.41) is 3.88. The fourth-order valence-corrected chi connectivity index (χ4v) is 2.07. The van der Waals surface area contributed by atoms with E-state index in [1.54, 1.807) is 37.5 Å². The molecular formula is C16H15N5O3. The van der Waals surface area contributed by atoms with E-state index < -0.39 is 0 Å². The number of aromatic nitrogens is 4. The standard InChI is InChI=1S/C16H15N5O3/c1-21(16(22)11-6-8-18-13(9-11)23-2)10-14-19-15(20-24-14)12-5-3-4-7-17-12/h3-9H,10H2,1-2H3. The van der Waals surface area contributed by atoms with E-state index >= 15 is 0 Å². The van der Waals surface area contributed by atoms with Gasteiger partial charge in [-0.3, -0.25) is 9.78 Å². The van der Waals surface area contributed by atoms with Gasteiger partial charge in [0.2, 0.25) is 17.6 Å². The minimum absolute atomic E-state index is 0.184. The van der Waals surface area contributed by atoms with Crippen molar-refractivity contribution in [3.05, 3.63) is 54.2 Å². The van der Waals surface area contributed by atoms with Gasteiger partial charge in [-0.2, -0.15) is 4.98 Å². The van der Waals surface area contributed by atoms with Crippen LogP contribution in [-0.4, -0.2) is 45.1 Å². The number of amides is 1. The van der Waals surface area contributed by atoms with E-state index in [1.807, 2.05) is 6.07 Å². The summed E-state index contributed by atoms with van der Waals surface area (Å²) in [6.45, 7) is 0.184. The molecule has 0 unspecified atom stereocenters. The molecule has 0 bridgehead atoms.